The molecule has 17 heavy (non-hydrogen) atoms. The van der Waals surface area contributed by atoms with Crippen LogP contribution >= 0.6 is 11.6 Å². The van der Waals surface area contributed by atoms with E-state index >= 15 is 0 Å². The van der Waals surface area contributed by atoms with E-state index in [1.165, 1.54) is 0 Å². The predicted molar refractivity (Wildman–Crippen MR) is 66.3 cm³/mol. The van der Waals surface area contributed by atoms with Crippen LogP contribution in [-0.2, 0) is 18.3 Å². The van der Waals surface area contributed by atoms with Crippen LogP contribution in [0.15, 0.2) is 18.2 Å². The summed E-state index contributed by atoms with van der Waals surface area (Å²) in [6, 6.07) is 5.83. The molecule has 1 N–H and O–H groups in total. The monoisotopic (exact) mass is 252 g/mol. The van der Waals surface area contributed by atoms with Gasteiger partial charge in [-0.25, -0.2) is 0 Å². The highest BCUT2D eigenvalue weighted by Gasteiger charge is 2.10. The summed E-state index contributed by atoms with van der Waals surface area (Å²) in [7, 11) is 1.84. The lowest BCUT2D eigenvalue weighted by Gasteiger charge is -2.03. The molecule has 2 rings (SSSR count). The number of carboxylic acids is 1. The maximum Gasteiger partial charge on any atom is 0.303 e. The van der Waals surface area contributed by atoms with Crippen LogP contribution in [0.3, 0.4) is 0 Å². The number of carboxylic acid groups (broad SMARTS) is 1. The second-order valence-electron chi connectivity index (χ2n) is 3.98. The van der Waals surface area contributed by atoms with Crippen LogP contribution in [0.2, 0.25) is 5.15 Å². The van der Waals surface area contributed by atoms with Gasteiger partial charge in [0.05, 0.1) is 5.52 Å². The number of carbonyl (C=O) groups is 1. The van der Waals surface area contributed by atoms with Gasteiger partial charge in [0.25, 0.3) is 0 Å². The van der Waals surface area contributed by atoms with E-state index in [1.54, 1.807) is 4.68 Å². The van der Waals surface area contributed by atoms with Gasteiger partial charge in [-0.1, -0.05) is 23.7 Å². The fourth-order valence-corrected chi connectivity index (χ4v) is 2.27. The molecular formula is C12H13ClN2O2. The number of hydrogen-bond donors (Lipinski definition) is 1. The predicted octanol–water partition coefficient (Wildman–Crippen LogP) is 2.63. The Morgan fingerprint density at radius 1 is 1.53 bits per heavy atom. The first kappa shape index (κ1) is 11.9. The average Bonchev–Trinajstić information content (AvgIpc) is 2.55. The minimum absolute atomic E-state index is 0.183. The Morgan fingerprint density at radius 3 is 3.00 bits per heavy atom. The third kappa shape index (κ3) is 2.42. The third-order valence-electron chi connectivity index (χ3n) is 2.74. The Morgan fingerprint density at radius 2 is 2.29 bits per heavy atom. The van der Waals surface area contributed by atoms with Gasteiger partial charge in [0.15, 0.2) is 5.15 Å². The fraction of sp³-hybridized carbons (Fsp3) is 0.333. The Balaban J connectivity index is 2.31. The van der Waals surface area contributed by atoms with Crippen molar-refractivity contribution >= 4 is 28.5 Å². The lowest BCUT2D eigenvalue weighted by Crippen LogP contribution is -1.98. The standard InChI is InChI=1S/C12H13ClN2O2/c1-15-11-8(5-3-7-10(16)17)4-2-6-9(11)12(13)14-15/h2,4,6H,3,5,7H2,1H3,(H,16,17). The number of para-hydroxylation sites is 1. The topological polar surface area (TPSA) is 55.1 Å². The zero-order valence-electron chi connectivity index (χ0n) is 9.48. The van der Waals surface area contributed by atoms with Crippen LogP contribution < -0.4 is 0 Å². The first-order chi connectivity index (χ1) is 8.09. The van der Waals surface area contributed by atoms with Crippen molar-refractivity contribution in [3.05, 3.63) is 28.9 Å². The number of aliphatic carboxylic acids is 1. The molecule has 0 saturated heterocycles. The minimum atomic E-state index is -0.764. The molecule has 0 spiro atoms. The lowest BCUT2D eigenvalue weighted by atomic mass is 10.1. The van der Waals surface area contributed by atoms with Crippen LogP contribution in [0.1, 0.15) is 18.4 Å². The summed E-state index contributed by atoms with van der Waals surface area (Å²) in [5, 5.41) is 14.2. The molecule has 0 atom stereocenters. The van der Waals surface area contributed by atoms with Gasteiger partial charge in [0.2, 0.25) is 0 Å². The molecular weight excluding hydrogens is 240 g/mol. The van der Waals surface area contributed by atoms with E-state index in [-0.39, 0.29) is 6.42 Å². The second-order valence-corrected chi connectivity index (χ2v) is 4.33. The van der Waals surface area contributed by atoms with Crippen molar-refractivity contribution in [2.24, 2.45) is 7.05 Å². The molecule has 0 radical (unpaired) electrons. The van der Waals surface area contributed by atoms with Crippen molar-refractivity contribution in [2.45, 2.75) is 19.3 Å². The Hall–Kier alpha value is -1.55. The normalized spacial score (nSPS) is 10.9. The van der Waals surface area contributed by atoms with Crippen LogP contribution in [0.4, 0.5) is 0 Å². The summed E-state index contributed by atoms with van der Waals surface area (Å²) in [6.45, 7) is 0. The average molecular weight is 253 g/mol. The summed E-state index contributed by atoms with van der Waals surface area (Å²) in [5.41, 5.74) is 2.08. The van der Waals surface area contributed by atoms with Gasteiger partial charge in [-0.15, -0.1) is 0 Å². The highest BCUT2D eigenvalue weighted by atomic mass is 35.5. The van der Waals surface area contributed by atoms with Gasteiger partial charge < -0.3 is 5.11 Å². The smallest absolute Gasteiger partial charge is 0.303 e. The number of fused-ring (bicyclic) bond motifs is 1. The quantitative estimate of drug-likeness (QED) is 0.910. The molecule has 1 aromatic carbocycles. The largest absolute Gasteiger partial charge is 0.481 e. The first-order valence-electron chi connectivity index (χ1n) is 5.41. The second kappa shape index (κ2) is 4.75. The Labute approximate surface area is 104 Å². The summed E-state index contributed by atoms with van der Waals surface area (Å²) >= 11 is 6.01. The Bertz CT molecular complexity index is 563. The molecule has 0 saturated carbocycles. The van der Waals surface area contributed by atoms with Gasteiger partial charge >= 0.3 is 5.97 Å². The number of halogens is 1. The summed E-state index contributed by atoms with van der Waals surface area (Å²) in [6.07, 6.45) is 1.53. The van der Waals surface area contributed by atoms with E-state index in [0.717, 1.165) is 22.9 Å². The molecule has 5 heteroatoms. The lowest BCUT2D eigenvalue weighted by molar-refractivity contribution is -0.137. The molecule has 0 aliphatic heterocycles. The molecule has 0 aliphatic carbocycles. The van der Waals surface area contributed by atoms with E-state index in [9.17, 15) is 4.79 Å². The molecule has 0 aliphatic rings. The number of benzene rings is 1. The maximum atomic E-state index is 10.5. The molecule has 0 bridgehead atoms. The highest BCUT2D eigenvalue weighted by molar-refractivity contribution is 6.34. The molecule has 0 amide bonds. The van der Waals surface area contributed by atoms with E-state index in [4.69, 9.17) is 16.7 Å². The third-order valence-corrected chi connectivity index (χ3v) is 3.02. The van der Waals surface area contributed by atoms with Crippen LogP contribution in [-0.4, -0.2) is 20.9 Å². The fourth-order valence-electron chi connectivity index (χ4n) is 2.01. The van der Waals surface area contributed by atoms with Crippen LogP contribution in [0.25, 0.3) is 10.9 Å². The van der Waals surface area contributed by atoms with E-state index < -0.39 is 5.97 Å². The molecule has 0 unspecified atom stereocenters. The van der Waals surface area contributed by atoms with E-state index in [0.29, 0.717) is 11.6 Å². The summed E-state index contributed by atoms with van der Waals surface area (Å²) in [5.74, 6) is -0.764. The van der Waals surface area contributed by atoms with Gasteiger partial charge in [-0.05, 0) is 24.5 Å². The zero-order valence-corrected chi connectivity index (χ0v) is 10.2. The van der Waals surface area contributed by atoms with Crippen LogP contribution in [0.5, 0.6) is 0 Å². The molecule has 2 aromatic rings. The Kier molecular flexibility index (Phi) is 3.33. The van der Waals surface area contributed by atoms with Crippen molar-refractivity contribution in [1.82, 2.24) is 9.78 Å². The van der Waals surface area contributed by atoms with Gasteiger partial charge in [0, 0.05) is 18.9 Å². The molecule has 4 nitrogen and oxygen atoms in total. The number of nitrogens with zero attached hydrogens (tertiary/aromatic N) is 2. The van der Waals surface area contributed by atoms with Crippen molar-refractivity contribution in [2.75, 3.05) is 0 Å². The molecule has 0 fully saturated rings. The number of rotatable bonds is 4. The number of aromatic nitrogens is 2. The SMILES string of the molecule is Cn1nc(Cl)c2cccc(CCCC(=O)O)c21. The van der Waals surface area contributed by atoms with Gasteiger partial charge in [0.1, 0.15) is 0 Å². The van der Waals surface area contributed by atoms with E-state index in [2.05, 4.69) is 5.10 Å². The van der Waals surface area contributed by atoms with Crippen molar-refractivity contribution in [3.63, 3.8) is 0 Å². The van der Waals surface area contributed by atoms with Crippen molar-refractivity contribution in [1.29, 1.82) is 0 Å². The van der Waals surface area contributed by atoms with Crippen LogP contribution in [0, 0.1) is 0 Å². The number of aryl methyl sites for hydroxylation is 2. The van der Waals surface area contributed by atoms with Gasteiger partial charge in [-0.2, -0.15) is 5.10 Å². The highest BCUT2D eigenvalue weighted by Crippen LogP contribution is 2.25. The summed E-state index contributed by atoms with van der Waals surface area (Å²) < 4.78 is 1.74. The van der Waals surface area contributed by atoms with Crippen molar-refractivity contribution < 1.29 is 9.90 Å². The molecule has 90 valence electrons. The van der Waals surface area contributed by atoms with Gasteiger partial charge in [-0.3, -0.25) is 9.48 Å². The molecule has 1 heterocycles. The minimum Gasteiger partial charge on any atom is -0.481 e. The molecule has 1 aromatic heterocycles. The van der Waals surface area contributed by atoms with E-state index in [1.807, 2.05) is 25.2 Å². The number of hydrogen-bond acceptors (Lipinski definition) is 2. The zero-order chi connectivity index (χ0) is 12.4. The van der Waals surface area contributed by atoms with Crippen molar-refractivity contribution in [3.8, 4) is 0 Å². The summed E-state index contributed by atoms with van der Waals surface area (Å²) in [4.78, 5) is 10.5. The first-order valence-corrected chi connectivity index (χ1v) is 5.79. The maximum absolute atomic E-state index is 10.5.